The van der Waals surface area contributed by atoms with Crippen molar-refractivity contribution in [2.75, 3.05) is 0 Å². The Bertz CT molecular complexity index is 391. The van der Waals surface area contributed by atoms with Gasteiger partial charge < -0.3 is 10.5 Å². The van der Waals surface area contributed by atoms with Gasteiger partial charge in [0.25, 0.3) is 0 Å². The van der Waals surface area contributed by atoms with Crippen molar-refractivity contribution in [3.8, 4) is 17.6 Å². The van der Waals surface area contributed by atoms with Crippen molar-refractivity contribution in [3.63, 3.8) is 0 Å². The third-order valence-corrected chi connectivity index (χ3v) is 2.93. The summed E-state index contributed by atoms with van der Waals surface area (Å²) in [7, 11) is 0. The third-order valence-electron chi connectivity index (χ3n) is 2.93. The van der Waals surface area contributed by atoms with E-state index in [1.807, 2.05) is 25.1 Å². The van der Waals surface area contributed by atoms with Gasteiger partial charge >= 0.3 is 0 Å². The molecule has 2 nitrogen and oxygen atoms in total. The second-order valence-electron chi connectivity index (χ2n) is 4.10. The van der Waals surface area contributed by atoms with Crippen molar-refractivity contribution in [1.29, 1.82) is 0 Å². The first kappa shape index (κ1) is 11.0. The number of rotatable bonds is 3. The number of hydrogen-bond acceptors (Lipinski definition) is 2. The van der Waals surface area contributed by atoms with Gasteiger partial charge in [-0.25, -0.2) is 0 Å². The summed E-state index contributed by atoms with van der Waals surface area (Å²) < 4.78 is 5.83. The number of para-hydroxylation sites is 1. The van der Waals surface area contributed by atoms with Gasteiger partial charge in [-0.15, -0.1) is 11.8 Å². The van der Waals surface area contributed by atoms with Crippen molar-refractivity contribution in [3.05, 3.63) is 29.8 Å². The second-order valence-corrected chi connectivity index (χ2v) is 4.10. The van der Waals surface area contributed by atoms with Crippen molar-refractivity contribution in [2.24, 2.45) is 5.73 Å². The molecule has 1 aromatic rings. The van der Waals surface area contributed by atoms with E-state index in [-0.39, 0.29) is 12.1 Å². The molecule has 0 radical (unpaired) electrons. The Morgan fingerprint density at radius 3 is 3.06 bits per heavy atom. The highest BCUT2D eigenvalue weighted by molar-refractivity contribution is 5.37. The van der Waals surface area contributed by atoms with Gasteiger partial charge in [0.2, 0.25) is 0 Å². The highest BCUT2D eigenvalue weighted by Crippen LogP contribution is 2.29. The Morgan fingerprint density at radius 1 is 1.50 bits per heavy atom. The van der Waals surface area contributed by atoms with Gasteiger partial charge in [-0.2, -0.15) is 0 Å². The zero-order chi connectivity index (χ0) is 11.4. The van der Waals surface area contributed by atoms with E-state index in [2.05, 4.69) is 17.9 Å². The minimum absolute atomic E-state index is 0.0771. The molecule has 0 amide bonds. The molecule has 2 heteroatoms. The molecular formula is C14H17NO. The lowest BCUT2D eigenvalue weighted by Gasteiger charge is -2.17. The fourth-order valence-corrected chi connectivity index (χ4v) is 2.00. The van der Waals surface area contributed by atoms with Gasteiger partial charge in [0.05, 0.1) is 0 Å². The molecule has 0 fully saturated rings. The van der Waals surface area contributed by atoms with E-state index in [9.17, 15) is 0 Å². The minimum atomic E-state index is 0.0771. The van der Waals surface area contributed by atoms with Crippen molar-refractivity contribution >= 4 is 0 Å². The molecule has 0 aromatic heterocycles. The number of benzene rings is 1. The Kier molecular flexibility index (Phi) is 3.48. The predicted octanol–water partition coefficient (Wildman–Crippen LogP) is 2.12. The molecule has 1 aliphatic rings. The van der Waals surface area contributed by atoms with E-state index in [0.717, 1.165) is 25.0 Å². The predicted molar refractivity (Wildman–Crippen MR) is 65.2 cm³/mol. The maximum absolute atomic E-state index is 6.11. The molecule has 2 rings (SSSR count). The Hall–Kier alpha value is -1.46. The summed E-state index contributed by atoms with van der Waals surface area (Å²) in [4.78, 5) is 0. The lowest BCUT2D eigenvalue weighted by molar-refractivity contribution is 0.194. The first-order chi connectivity index (χ1) is 7.81. The molecule has 1 aromatic carbocycles. The normalized spacial score (nSPS) is 19.2. The first-order valence-electron chi connectivity index (χ1n) is 5.71. The van der Waals surface area contributed by atoms with Crippen LogP contribution >= 0.6 is 0 Å². The lowest BCUT2D eigenvalue weighted by Crippen LogP contribution is -2.37. The molecule has 2 N–H and O–H groups in total. The largest absolute Gasteiger partial charge is 0.488 e. The zero-order valence-corrected chi connectivity index (χ0v) is 9.57. The smallest absolute Gasteiger partial charge is 0.123 e. The van der Waals surface area contributed by atoms with Crippen LogP contribution < -0.4 is 10.5 Å². The molecule has 0 bridgehead atoms. The fourth-order valence-electron chi connectivity index (χ4n) is 2.00. The van der Waals surface area contributed by atoms with Crippen LogP contribution in [0.15, 0.2) is 24.3 Å². The Labute approximate surface area is 96.8 Å². The summed E-state index contributed by atoms with van der Waals surface area (Å²) in [6.45, 7) is 1.85. The van der Waals surface area contributed by atoms with Gasteiger partial charge in [0, 0.05) is 18.9 Å². The second kappa shape index (κ2) is 5.05. The van der Waals surface area contributed by atoms with Crippen molar-refractivity contribution in [1.82, 2.24) is 0 Å². The Morgan fingerprint density at radius 2 is 2.31 bits per heavy atom. The SMILES string of the molecule is CC#CCCC(N)C1Cc2ccccc2O1. The van der Waals surface area contributed by atoms with Crippen LogP contribution in [0.1, 0.15) is 25.3 Å². The van der Waals surface area contributed by atoms with Gasteiger partial charge in [0.15, 0.2) is 0 Å². The summed E-state index contributed by atoms with van der Waals surface area (Å²) >= 11 is 0. The molecule has 2 unspecified atom stereocenters. The molecule has 0 spiro atoms. The standard InChI is InChI=1S/C14H17NO/c1-2-3-4-8-12(15)14-10-11-7-5-6-9-13(11)16-14/h5-7,9,12,14H,4,8,10,15H2,1H3. The van der Waals surface area contributed by atoms with Gasteiger partial charge in [-0.05, 0) is 25.0 Å². The summed E-state index contributed by atoms with van der Waals surface area (Å²) in [6.07, 6.45) is 2.81. The summed E-state index contributed by atoms with van der Waals surface area (Å²) in [5, 5.41) is 0. The van der Waals surface area contributed by atoms with Crippen molar-refractivity contribution < 1.29 is 4.74 Å². The molecule has 0 saturated heterocycles. The quantitative estimate of drug-likeness (QED) is 0.784. The number of nitrogens with two attached hydrogens (primary N) is 1. The lowest BCUT2D eigenvalue weighted by atomic mass is 10.0. The monoisotopic (exact) mass is 215 g/mol. The molecule has 16 heavy (non-hydrogen) atoms. The molecule has 0 saturated carbocycles. The first-order valence-corrected chi connectivity index (χ1v) is 5.71. The van der Waals surface area contributed by atoms with Gasteiger partial charge in [-0.1, -0.05) is 18.2 Å². The van der Waals surface area contributed by atoms with Gasteiger partial charge in [-0.3, -0.25) is 0 Å². The number of ether oxygens (including phenoxy) is 1. The van der Waals surface area contributed by atoms with Crippen LogP contribution in [0.5, 0.6) is 5.75 Å². The van der Waals surface area contributed by atoms with E-state index in [1.54, 1.807) is 0 Å². The zero-order valence-electron chi connectivity index (χ0n) is 9.57. The minimum Gasteiger partial charge on any atom is -0.488 e. The maximum atomic E-state index is 6.11. The maximum Gasteiger partial charge on any atom is 0.123 e. The summed E-state index contributed by atoms with van der Waals surface area (Å²) in [6, 6.07) is 8.23. The molecule has 1 heterocycles. The van der Waals surface area contributed by atoms with Crippen LogP contribution in [-0.2, 0) is 6.42 Å². The average Bonchev–Trinajstić information content (AvgIpc) is 2.73. The topological polar surface area (TPSA) is 35.2 Å². The van der Waals surface area contributed by atoms with E-state index < -0.39 is 0 Å². The van der Waals surface area contributed by atoms with Crippen LogP contribution in [0.3, 0.4) is 0 Å². The molecule has 2 atom stereocenters. The van der Waals surface area contributed by atoms with Crippen LogP contribution in [0, 0.1) is 11.8 Å². The van der Waals surface area contributed by atoms with E-state index >= 15 is 0 Å². The van der Waals surface area contributed by atoms with Crippen LogP contribution in [0.2, 0.25) is 0 Å². The molecule has 0 aliphatic carbocycles. The van der Waals surface area contributed by atoms with Gasteiger partial charge in [0.1, 0.15) is 11.9 Å². The van der Waals surface area contributed by atoms with Crippen LogP contribution in [-0.4, -0.2) is 12.1 Å². The summed E-state index contributed by atoms with van der Waals surface area (Å²) in [5.74, 6) is 6.91. The summed E-state index contributed by atoms with van der Waals surface area (Å²) in [5.41, 5.74) is 7.37. The van der Waals surface area contributed by atoms with Crippen LogP contribution in [0.4, 0.5) is 0 Å². The van der Waals surface area contributed by atoms with E-state index in [1.165, 1.54) is 5.56 Å². The highest BCUT2D eigenvalue weighted by atomic mass is 16.5. The molecule has 1 aliphatic heterocycles. The molecular weight excluding hydrogens is 198 g/mol. The molecule has 84 valence electrons. The number of fused-ring (bicyclic) bond motifs is 1. The van der Waals surface area contributed by atoms with E-state index in [4.69, 9.17) is 10.5 Å². The van der Waals surface area contributed by atoms with Crippen molar-refractivity contribution in [2.45, 2.75) is 38.3 Å². The fraction of sp³-hybridized carbons (Fsp3) is 0.429. The van der Waals surface area contributed by atoms with Crippen LogP contribution in [0.25, 0.3) is 0 Å². The third kappa shape index (κ3) is 2.37. The Balaban J connectivity index is 1.92. The highest BCUT2D eigenvalue weighted by Gasteiger charge is 2.27. The number of hydrogen-bond donors (Lipinski definition) is 1. The average molecular weight is 215 g/mol. The van der Waals surface area contributed by atoms with E-state index in [0.29, 0.717) is 0 Å².